The van der Waals surface area contributed by atoms with E-state index < -0.39 is 11.9 Å². The van der Waals surface area contributed by atoms with E-state index in [-0.39, 0.29) is 17.8 Å². The largest absolute Gasteiger partial charge is 0.497 e. The molecule has 0 amide bonds. The minimum atomic E-state index is -0.754. The van der Waals surface area contributed by atoms with Crippen LogP contribution in [0.5, 0.6) is 11.5 Å². The van der Waals surface area contributed by atoms with E-state index in [2.05, 4.69) is 0 Å². The molecule has 176 valence electrons. The summed E-state index contributed by atoms with van der Waals surface area (Å²) in [7, 11) is 1.58. The quantitative estimate of drug-likeness (QED) is 0.402. The maximum absolute atomic E-state index is 14.5. The number of carbonyl (C=O) groups is 1. The van der Waals surface area contributed by atoms with Crippen molar-refractivity contribution in [2.45, 2.75) is 44.6 Å². The van der Waals surface area contributed by atoms with Crippen molar-refractivity contribution >= 4 is 5.97 Å². The van der Waals surface area contributed by atoms with Gasteiger partial charge in [0.2, 0.25) is 0 Å². The lowest BCUT2D eigenvalue weighted by Gasteiger charge is -2.22. The first kappa shape index (κ1) is 22.5. The molecule has 1 unspecified atom stereocenters. The molecule has 3 atom stereocenters. The summed E-state index contributed by atoms with van der Waals surface area (Å²) < 4.78 is 26.1. The van der Waals surface area contributed by atoms with Crippen LogP contribution in [0.1, 0.15) is 54.9 Å². The highest BCUT2D eigenvalue weighted by molar-refractivity contribution is 5.71. The minimum Gasteiger partial charge on any atom is -0.497 e. The Balaban J connectivity index is 1.37. The zero-order valence-electron chi connectivity index (χ0n) is 19.5. The molecule has 0 heterocycles. The van der Waals surface area contributed by atoms with E-state index in [4.69, 9.17) is 9.47 Å². The van der Waals surface area contributed by atoms with Gasteiger partial charge in [0, 0.05) is 5.56 Å². The minimum absolute atomic E-state index is 0.0113. The lowest BCUT2D eigenvalue weighted by molar-refractivity contribution is -0.142. The molecule has 0 saturated heterocycles. The predicted octanol–water partition coefficient (Wildman–Crippen LogP) is 6.78. The van der Waals surface area contributed by atoms with Crippen LogP contribution in [0.15, 0.2) is 60.7 Å². The van der Waals surface area contributed by atoms with Crippen LogP contribution in [0.2, 0.25) is 0 Å². The van der Waals surface area contributed by atoms with E-state index in [0.717, 1.165) is 53.7 Å². The molecule has 1 fully saturated rings. The number of aliphatic carboxylic acids is 1. The fourth-order valence-corrected chi connectivity index (χ4v) is 5.26. The van der Waals surface area contributed by atoms with E-state index in [1.807, 2.05) is 42.5 Å². The van der Waals surface area contributed by atoms with Gasteiger partial charge in [-0.1, -0.05) is 37.3 Å². The lowest BCUT2D eigenvalue weighted by atomic mass is 9.83. The Kier molecular flexibility index (Phi) is 6.03. The average molecular weight is 461 g/mol. The number of ether oxygens (including phenoxy) is 2. The summed E-state index contributed by atoms with van der Waals surface area (Å²) >= 11 is 0. The van der Waals surface area contributed by atoms with Crippen LogP contribution in [0.3, 0.4) is 0 Å². The van der Waals surface area contributed by atoms with Gasteiger partial charge < -0.3 is 14.6 Å². The summed E-state index contributed by atoms with van der Waals surface area (Å²) in [4.78, 5) is 11.7. The molecule has 4 nitrogen and oxygen atoms in total. The third kappa shape index (κ3) is 4.39. The van der Waals surface area contributed by atoms with Gasteiger partial charge in [0.05, 0.1) is 13.0 Å². The summed E-state index contributed by atoms with van der Waals surface area (Å²) in [6.45, 7) is 1.80. The molecule has 3 aromatic carbocycles. The van der Waals surface area contributed by atoms with Crippen molar-refractivity contribution in [2.24, 2.45) is 11.8 Å². The highest BCUT2D eigenvalue weighted by Crippen LogP contribution is 2.47. The van der Waals surface area contributed by atoms with Crippen LogP contribution in [0.4, 0.5) is 4.39 Å². The predicted molar refractivity (Wildman–Crippen MR) is 129 cm³/mol. The number of halogens is 1. The molecule has 34 heavy (non-hydrogen) atoms. The van der Waals surface area contributed by atoms with E-state index in [0.29, 0.717) is 17.2 Å². The molecular formula is C29H29FO4. The van der Waals surface area contributed by atoms with Gasteiger partial charge in [-0.05, 0) is 90.1 Å². The molecule has 1 saturated carbocycles. The van der Waals surface area contributed by atoms with Crippen LogP contribution < -0.4 is 9.47 Å². The fourth-order valence-electron chi connectivity index (χ4n) is 5.26. The van der Waals surface area contributed by atoms with Gasteiger partial charge in [-0.2, -0.15) is 0 Å². The van der Waals surface area contributed by atoms with Crippen molar-refractivity contribution in [3.8, 4) is 22.6 Å². The van der Waals surface area contributed by atoms with Crippen molar-refractivity contribution < 1.29 is 23.8 Å². The smallest absolute Gasteiger partial charge is 0.306 e. The van der Waals surface area contributed by atoms with E-state index in [1.54, 1.807) is 26.2 Å². The standard InChI is InChI=1S/C29H29FO4/c1-17(29(31)32)28(18-6-7-18)21-4-3-5-23(15-21)34-27-13-9-19-14-20(8-11-24(19)27)25-16-22(33-2)10-12-26(25)30/h3-5,8,10-12,14-18,27-28H,6-7,9,13H2,1-2H3,(H,31,32)/t17-,27+,28?/m0/s1. The summed E-state index contributed by atoms with van der Waals surface area (Å²) in [5, 5.41) is 9.59. The normalized spacial score (nSPS) is 18.7. The molecule has 1 N–H and O–H groups in total. The number of carboxylic acid groups (broad SMARTS) is 1. The first-order valence-electron chi connectivity index (χ1n) is 11.9. The number of carboxylic acids is 1. The summed E-state index contributed by atoms with van der Waals surface area (Å²) in [6.07, 6.45) is 3.80. The molecule has 2 aliphatic carbocycles. The van der Waals surface area contributed by atoms with E-state index in [9.17, 15) is 14.3 Å². The van der Waals surface area contributed by atoms with E-state index >= 15 is 0 Å². The average Bonchev–Trinajstić information content (AvgIpc) is 3.60. The molecule has 0 spiro atoms. The van der Waals surface area contributed by atoms with Crippen molar-refractivity contribution in [3.05, 3.63) is 83.2 Å². The first-order chi connectivity index (χ1) is 16.4. The number of hydrogen-bond donors (Lipinski definition) is 1. The highest BCUT2D eigenvalue weighted by atomic mass is 19.1. The van der Waals surface area contributed by atoms with Crippen LogP contribution in [-0.2, 0) is 11.2 Å². The molecule has 5 rings (SSSR count). The van der Waals surface area contributed by atoms with Gasteiger partial charge in [-0.3, -0.25) is 4.79 Å². The van der Waals surface area contributed by atoms with Crippen molar-refractivity contribution in [1.82, 2.24) is 0 Å². The molecule has 5 heteroatoms. The van der Waals surface area contributed by atoms with Crippen LogP contribution >= 0.6 is 0 Å². The zero-order chi connectivity index (χ0) is 23.8. The monoisotopic (exact) mass is 460 g/mol. The summed E-state index contributed by atoms with van der Waals surface area (Å²) in [5.74, 6) is 0.383. The molecule has 0 aliphatic heterocycles. The van der Waals surface area contributed by atoms with Gasteiger partial charge >= 0.3 is 5.97 Å². The Bertz CT molecular complexity index is 1220. The lowest BCUT2D eigenvalue weighted by Crippen LogP contribution is -2.20. The van der Waals surface area contributed by atoms with Gasteiger partial charge in [0.25, 0.3) is 0 Å². The number of methoxy groups -OCH3 is 1. The second kappa shape index (κ2) is 9.13. The van der Waals surface area contributed by atoms with E-state index in [1.165, 1.54) is 6.07 Å². The Hall–Kier alpha value is -3.34. The second-order valence-electron chi connectivity index (χ2n) is 9.47. The number of fused-ring (bicyclic) bond motifs is 1. The van der Waals surface area contributed by atoms with Gasteiger partial charge in [-0.15, -0.1) is 0 Å². The molecule has 0 bridgehead atoms. The number of aryl methyl sites for hydroxylation is 1. The Morgan fingerprint density at radius 2 is 1.85 bits per heavy atom. The Labute approximate surface area is 199 Å². The van der Waals surface area contributed by atoms with Crippen LogP contribution in [0.25, 0.3) is 11.1 Å². The molecule has 3 aromatic rings. The fraction of sp³-hybridized carbons (Fsp3) is 0.345. The van der Waals surface area contributed by atoms with Crippen LogP contribution in [0, 0.1) is 17.7 Å². The summed E-state index contributed by atoms with van der Waals surface area (Å²) in [5.41, 5.74) is 4.67. The third-order valence-electron chi connectivity index (χ3n) is 7.23. The topological polar surface area (TPSA) is 55.8 Å². The highest BCUT2D eigenvalue weighted by Gasteiger charge is 2.38. The maximum atomic E-state index is 14.5. The summed E-state index contributed by atoms with van der Waals surface area (Å²) in [6, 6.07) is 18.7. The van der Waals surface area contributed by atoms with Gasteiger partial charge in [0.15, 0.2) is 0 Å². The first-order valence-corrected chi connectivity index (χ1v) is 11.9. The second-order valence-corrected chi connectivity index (χ2v) is 9.47. The maximum Gasteiger partial charge on any atom is 0.306 e. The van der Waals surface area contributed by atoms with Gasteiger partial charge in [0.1, 0.15) is 23.4 Å². The number of hydrogen-bond acceptors (Lipinski definition) is 3. The van der Waals surface area contributed by atoms with Gasteiger partial charge in [-0.25, -0.2) is 4.39 Å². The third-order valence-corrected chi connectivity index (χ3v) is 7.23. The SMILES string of the molecule is COc1ccc(F)c(-c2ccc3c(c2)CC[C@H]3Oc2cccc(C(C3CC3)[C@H](C)C(=O)O)c2)c1. The molecule has 0 radical (unpaired) electrons. The number of benzene rings is 3. The van der Waals surface area contributed by atoms with Crippen molar-refractivity contribution in [1.29, 1.82) is 0 Å². The molecule has 2 aliphatic rings. The zero-order valence-corrected chi connectivity index (χ0v) is 19.5. The van der Waals surface area contributed by atoms with Crippen molar-refractivity contribution in [3.63, 3.8) is 0 Å². The molecular weight excluding hydrogens is 431 g/mol. The Morgan fingerprint density at radius 1 is 1.03 bits per heavy atom. The molecule has 0 aromatic heterocycles. The number of rotatable bonds is 8. The van der Waals surface area contributed by atoms with Crippen molar-refractivity contribution in [2.75, 3.05) is 7.11 Å². The Morgan fingerprint density at radius 3 is 2.59 bits per heavy atom. The van der Waals surface area contributed by atoms with Crippen LogP contribution in [-0.4, -0.2) is 18.2 Å².